The molecule has 0 N–H and O–H groups in total. The Morgan fingerprint density at radius 3 is 2.56 bits per heavy atom. The fourth-order valence-corrected chi connectivity index (χ4v) is 2.00. The molecule has 0 amide bonds. The van der Waals surface area contributed by atoms with Crippen molar-refractivity contribution in [2.75, 3.05) is 6.67 Å². The minimum absolute atomic E-state index is 0.0236. The Morgan fingerprint density at radius 1 is 1.22 bits per heavy atom. The number of halogens is 1. The normalized spacial score (nSPS) is 13.0. The van der Waals surface area contributed by atoms with Crippen molar-refractivity contribution in [3.05, 3.63) is 60.4 Å². The molecule has 2 rings (SSSR count). The smallest absolute Gasteiger partial charge is 0.133 e. The number of rotatable bonds is 5. The Labute approximate surface area is 107 Å². The Kier molecular flexibility index (Phi) is 4.35. The summed E-state index contributed by atoms with van der Waals surface area (Å²) >= 11 is 0. The maximum Gasteiger partial charge on any atom is 0.133 e. The fourth-order valence-electron chi connectivity index (χ4n) is 2.00. The lowest BCUT2D eigenvalue weighted by molar-refractivity contribution is 0.409. The third-order valence-electron chi connectivity index (χ3n) is 2.92. The van der Waals surface area contributed by atoms with Crippen molar-refractivity contribution in [1.82, 2.24) is 0 Å². The van der Waals surface area contributed by atoms with Crippen molar-refractivity contribution in [3.63, 3.8) is 0 Å². The molecule has 0 unspecified atom stereocenters. The summed E-state index contributed by atoms with van der Waals surface area (Å²) in [6, 6.07) is 11.9. The summed E-state index contributed by atoms with van der Waals surface area (Å²) in [7, 11) is 0. The molecule has 1 atom stereocenters. The first kappa shape index (κ1) is 12.6. The molecule has 1 heterocycles. The molecule has 2 aromatic rings. The van der Waals surface area contributed by atoms with Gasteiger partial charge in [-0.2, -0.15) is 0 Å². The molecule has 0 aliphatic rings. The predicted molar refractivity (Wildman–Crippen MR) is 72.1 cm³/mol. The summed E-state index contributed by atoms with van der Waals surface area (Å²) in [5, 5.41) is 0. The maximum atomic E-state index is 12.8. The zero-order chi connectivity index (χ0) is 12.8. The van der Waals surface area contributed by atoms with Crippen molar-refractivity contribution in [2.24, 2.45) is 5.92 Å². The Bertz CT molecular complexity index is 482. The van der Waals surface area contributed by atoms with Crippen molar-refractivity contribution in [1.29, 1.82) is 0 Å². The number of benzene rings is 1. The van der Waals surface area contributed by atoms with Gasteiger partial charge >= 0.3 is 0 Å². The molecule has 0 saturated heterocycles. The van der Waals surface area contributed by atoms with Crippen LogP contribution in [0, 0.1) is 5.92 Å². The van der Waals surface area contributed by atoms with Crippen LogP contribution in [0.3, 0.4) is 0 Å². The van der Waals surface area contributed by atoms with Crippen LogP contribution in [0.5, 0.6) is 0 Å². The van der Waals surface area contributed by atoms with E-state index in [1.807, 2.05) is 55.5 Å². The first-order chi connectivity index (χ1) is 8.83. The van der Waals surface area contributed by atoms with Gasteiger partial charge in [0.25, 0.3) is 0 Å². The van der Waals surface area contributed by atoms with Gasteiger partial charge < -0.3 is 4.42 Å². The SMILES string of the molecule is C/C=C/[C@H](CF)Cc1ccc(-c2ccco2)cc1. The standard InChI is InChI=1S/C16H17FO/c1-2-4-14(12-17)11-13-6-8-15(9-7-13)16-5-3-10-18-16/h2-10,14H,11-12H2,1H3/b4-2+/t14-/m0/s1. The maximum absolute atomic E-state index is 12.8. The van der Waals surface area contributed by atoms with Gasteiger partial charge in [0.1, 0.15) is 5.76 Å². The fraction of sp³-hybridized carbons (Fsp3) is 0.250. The van der Waals surface area contributed by atoms with Crippen LogP contribution in [0.2, 0.25) is 0 Å². The summed E-state index contributed by atoms with van der Waals surface area (Å²) < 4.78 is 18.1. The molecular formula is C16H17FO. The second-order valence-corrected chi connectivity index (χ2v) is 4.32. The number of allylic oxidation sites excluding steroid dienone is 2. The van der Waals surface area contributed by atoms with E-state index in [4.69, 9.17) is 4.42 Å². The second-order valence-electron chi connectivity index (χ2n) is 4.32. The first-order valence-corrected chi connectivity index (χ1v) is 6.15. The third kappa shape index (κ3) is 3.10. The van der Waals surface area contributed by atoms with Gasteiger partial charge in [0.15, 0.2) is 0 Å². The molecule has 18 heavy (non-hydrogen) atoms. The predicted octanol–water partition coefficient (Wildman–Crippen LogP) is 4.65. The quantitative estimate of drug-likeness (QED) is 0.698. The molecule has 1 aromatic heterocycles. The van der Waals surface area contributed by atoms with Gasteiger partial charge in [-0.1, -0.05) is 36.4 Å². The first-order valence-electron chi connectivity index (χ1n) is 6.15. The van der Waals surface area contributed by atoms with Crippen LogP contribution in [-0.4, -0.2) is 6.67 Å². The van der Waals surface area contributed by atoms with E-state index >= 15 is 0 Å². The zero-order valence-corrected chi connectivity index (χ0v) is 10.5. The van der Waals surface area contributed by atoms with Crippen LogP contribution >= 0.6 is 0 Å². The Hall–Kier alpha value is -1.83. The van der Waals surface area contributed by atoms with Crippen LogP contribution in [0.25, 0.3) is 11.3 Å². The van der Waals surface area contributed by atoms with Crippen molar-refractivity contribution in [2.45, 2.75) is 13.3 Å². The Morgan fingerprint density at radius 2 is 2.00 bits per heavy atom. The van der Waals surface area contributed by atoms with E-state index in [0.717, 1.165) is 23.3 Å². The zero-order valence-electron chi connectivity index (χ0n) is 10.5. The molecule has 1 nitrogen and oxygen atoms in total. The Balaban J connectivity index is 2.08. The van der Waals surface area contributed by atoms with E-state index in [9.17, 15) is 4.39 Å². The molecule has 0 fully saturated rings. The molecule has 94 valence electrons. The monoisotopic (exact) mass is 244 g/mol. The van der Waals surface area contributed by atoms with Gasteiger partial charge in [0.2, 0.25) is 0 Å². The van der Waals surface area contributed by atoms with Crippen LogP contribution < -0.4 is 0 Å². The van der Waals surface area contributed by atoms with Crippen molar-refractivity contribution < 1.29 is 8.81 Å². The summed E-state index contributed by atoms with van der Waals surface area (Å²) in [5.74, 6) is 0.835. The van der Waals surface area contributed by atoms with Crippen LogP contribution in [0.1, 0.15) is 12.5 Å². The molecule has 0 aliphatic carbocycles. The number of furan rings is 1. The molecule has 0 spiro atoms. The van der Waals surface area contributed by atoms with E-state index in [0.29, 0.717) is 0 Å². The lowest BCUT2D eigenvalue weighted by atomic mass is 9.99. The molecule has 1 aromatic carbocycles. The van der Waals surface area contributed by atoms with Crippen LogP contribution in [-0.2, 0) is 6.42 Å². The van der Waals surface area contributed by atoms with E-state index < -0.39 is 0 Å². The highest BCUT2D eigenvalue weighted by Crippen LogP contribution is 2.21. The van der Waals surface area contributed by atoms with Crippen molar-refractivity contribution in [3.8, 4) is 11.3 Å². The highest BCUT2D eigenvalue weighted by atomic mass is 19.1. The largest absolute Gasteiger partial charge is 0.464 e. The van der Waals surface area contributed by atoms with Gasteiger partial charge in [-0.25, -0.2) is 0 Å². The van der Waals surface area contributed by atoms with Gasteiger partial charge in [-0.3, -0.25) is 4.39 Å². The van der Waals surface area contributed by atoms with Gasteiger partial charge in [-0.05, 0) is 31.0 Å². The average molecular weight is 244 g/mol. The highest BCUT2D eigenvalue weighted by Gasteiger charge is 2.06. The van der Waals surface area contributed by atoms with Gasteiger partial charge in [0, 0.05) is 11.5 Å². The topological polar surface area (TPSA) is 13.1 Å². The number of hydrogen-bond donors (Lipinski definition) is 0. The summed E-state index contributed by atoms with van der Waals surface area (Å²) in [6.07, 6.45) is 6.22. The second kappa shape index (κ2) is 6.20. The van der Waals surface area contributed by atoms with E-state index in [1.54, 1.807) is 6.26 Å². The van der Waals surface area contributed by atoms with Gasteiger partial charge in [0.05, 0.1) is 12.9 Å². The summed E-state index contributed by atoms with van der Waals surface area (Å²) in [5.41, 5.74) is 2.19. The van der Waals surface area contributed by atoms with E-state index in [1.165, 1.54) is 0 Å². The minimum atomic E-state index is -0.315. The van der Waals surface area contributed by atoms with Crippen LogP contribution in [0.15, 0.2) is 59.2 Å². The summed E-state index contributed by atoms with van der Waals surface area (Å²) in [6.45, 7) is 1.60. The van der Waals surface area contributed by atoms with Crippen LogP contribution in [0.4, 0.5) is 4.39 Å². The lowest BCUT2D eigenvalue weighted by Crippen LogP contribution is -2.03. The number of hydrogen-bond acceptors (Lipinski definition) is 1. The molecule has 0 bridgehead atoms. The highest BCUT2D eigenvalue weighted by molar-refractivity contribution is 5.57. The summed E-state index contributed by atoms with van der Waals surface area (Å²) in [4.78, 5) is 0. The van der Waals surface area contributed by atoms with E-state index in [-0.39, 0.29) is 12.6 Å². The van der Waals surface area contributed by atoms with Gasteiger partial charge in [-0.15, -0.1) is 0 Å². The van der Waals surface area contributed by atoms with E-state index in [2.05, 4.69) is 0 Å². The average Bonchev–Trinajstić information content (AvgIpc) is 2.93. The van der Waals surface area contributed by atoms with Crippen molar-refractivity contribution >= 4 is 0 Å². The number of alkyl halides is 1. The minimum Gasteiger partial charge on any atom is -0.464 e. The molecule has 0 radical (unpaired) electrons. The molecule has 0 saturated carbocycles. The molecule has 2 heteroatoms. The molecule has 0 aliphatic heterocycles. The third-order valence-corrected chi connectivity index (χ3v) is 2.92. The molecular weight excluding hydrogens is 227 g/mol. The lowest BCUT2D eigenvalue weighted by Gasteiger charge is -2.08.